The van der Waals surface area contributed by atoms with E-state index < -0.39 is 0 Å². The molecule has 0 aliphatic carbocycles. The molecule has 1 amide bonds. The number of benzene rings is 1. The highest BCUT2D eigenvalue weighted by atomic mass is 32.2. The van der Waals surface area contributed by atoms with Gasteiger partial charge < -0.3 is 10.2 Å². The predicted octanol–water partition coefficient (Wildman–Crippen LogP) is 2.62. The van der Waals surface area contributed by atoms with E-state index in [1.54, 1.807) is 23.9 Å². The molecule has 2 unspecified atom stereocenters. The summed E-state index contributed by atoms with van der Waals surface area (Å²) >= 11 is 1.61. The summed E-state index contributed by atoms with van der Waals surface area (Å²) in [6, 6.07) is 6.43. The van der Waals surface area contributed by atoms with Crippen LogP contribution in [-0.4, -0.2) is 43.2 Å². The Hall–Kier alpha value is -1.07. The Morgan fingerprint density at radius 3 is 2.86 bits per heavy atom. The molecule has 1 heterocycles. The number of hydrogen-bond acceptors (Lipinski definition) is 3. The molecular weight excluding hydrogens is 287 g/mol. The average Bonchev–Trinajstić information content (AvgIpc) is 2.94. The molecule has 3 nitrogen and oxygen atoms in total. The fourth-order valence-electron chi connectivity index (χ4n) is 2.62. The lowest BCUT2D eigenvalue weighted by Gasteiger charge is -2.21. The van der Waals surface area contributed by atoms with E-state index in [4.69, 9.17) is 0 Å². The largest absolute Gasteiger partial charge is 0.342 e. The Labute approximate surface area is 130 Å². The molecule has 0 bridgehead atoms. The van der Waals surface area contributed by atoms with Gasteiger partial charge in [0.2, 0.25) is 5.91 Å². The van der Waals surface area contributed by atoms with Gasteiger partial charge in [0.15, 0.2) is 0 Å². The van der Waals surface area contributed by atoms with Crippen molar-refractivity contribution in [3.8, 4) is 0 Å². The summed E-state index contributed by atoms with van der Waals surface area (Å²) in [5.74, 6) is 1.32. The van der Waals surface area contributed by atoms with Crippen molar-refractivity contribution >= 4 is 17.7 Å². The van der Waals surface area contributed by atoms with Crippen molar-refractivity contribution in [1.29, 1.82) is 0 Å². The lowest BCUT2D eigenvalue weighted by Crippen LogP contribution is -2.35. The summed E-state index contributed by atoms with van der Waals surface area (Å²) in [6.45, 7) is 4.69. The zero-order chi connectivity index (χ0) is 15.2. The number of halogens is 1. The van der Waals surface area contributed by atoms with Crippen molar-refractivity contribution in [1.82, 2.24) is 10.2 Å². The van der Waals surface area contributed by atoms with Crippen molar-refractivity contribution in [2.45, 2.75) is 18.2 Å². The van der Waals surface area contributed by atoms with Crippen LogP contribution in [0, 0.1) is 17.7 Å². The van der Waals surface area contributed by atoms with Crippen LogP contribution >= 0.6 is 11.8 Å². The molecule has 1 aliphatic heterocycles. The van der Waals surface area contributed by atoms with Crippen LogP contribution in [0.4, 0.5) is 4.39 Å². The molecule has 116 valence electrons. The van der Waals surface area contributed by atoms with E-state index in [1.165, 1.54) is 12.1 Å². The molecule has 1 fully saturated rings. The molecule has 1 saturated heterocycles. The summed E-state index contributed by atoms with van der Waals surface area (Å²) < 4.78 is 12.8. The maximum Gasteiger partial charge on any atom is 0.226 e. The molecule has 0 radical (unpaired) electrons. The van der Waals surface area contributed by atoms with Gasteiger partial charge in [-0.1, -0.05) is 6.92 Å². The van der Waals surface area contributed by atoms with Crippen LogP contribution in [0.5, 0.6) is 0 Å². The molecule has 0 spiro atoms. The zero-order valence-corrected chi connectivity index (χ0v) is 13.5. The predicted molar refractivity (Wildman–Crippen MR) is 84.9 cm³/mol. The van der Waals surface area contributed by atoms with E-state index in [-0.39, 0.29) is 17.6 Å². The highest BCUT2D eigenvalue weighted by Gasteiger charge is 2.28. The Morgan fingerprint density at radius 2 is 2.19 bits per heavy atom. The molecule has 1 N–H and O–H groups in total. The number of amides is 1. The van der Waals surface area contributed by atoms with Crippen LogP contribution in [0.15, 0.2) is 29.2 Å². The quantitative estimate of drug-likeness (QED) is 0.820. The van der Waals surface area contributed by atoms with E-state index in [1.807, 2.05) is 18.9 Å². The van der Waals surface area contributed by atoms with Crippen LogP contribution in [0.2, 0.25) is 0 Å². The van der Waals surface area contributed by atoms with E-state index in [9.17, 15) is 9.18 Å². The second-order valence-corrected chi connectivity index (χ2v) is 6.76. The maximum atomic E-state index is 12.8. The van der Waals surface area contributed by atoms with E-state index in [2.05, 4.69) is 5.32 Å². The lowest BCUT2D eigenvalue weighted by molar-refractivity contribution is -0.133. The molecule has 21 heavy (non-hydrogen) atoms. The molecule has 2 rings (SSSR count). The molecular formula is C16H23FN2OS. The van der Waals surface area contributed by atoms with Gasteiger partial charge >= 0.3 is 0 Å². The highest BCUT2D eigenvalue weighted by molar-refractivity contribution is 7.99. The van der Waals surface area contributed by atoms with Gasteiger partial charge in [-0.2, -0.15) is 0 Å². The van der Waals surface area contributed by atoms with Gasteiger partial charge in [0.1, 0.15) is 5.82 Å². The first kappa shape index (κ1) is 16.3. The van der Waals surface area contributed by atoms with E-state index in [0.29, 0.717) is 5.92 Å². The van der Waals surface area contributed by atoms with Crippen LogP contribution in [0.25, 0.3) is 0 Å². The first-order valence-corrected chi connectivity index (χ1v) is 8.40. The summed E-state index contributed by atoms with van der Waals surface area (Å²) in [6.07, 6.45) is 1.09. The van der Waals surface area contributed by atoms with Crippen molar-refractivity contribution < 1.29 is 9.18 Å². The van der Waals surface area contributed by atoms with Gasteiger partial charge in [0.05, 0.1) is 0 Å². The Bertz CT molecular complexity index is 466. The Morgan fingerprint density at radius 1 is 1.48 bits per heavy atom. The molecule has 1 aromatic rings. The molecule has 5 heteroatoms. The van der Waals surface area contributed by atoms with Crippen molar-refractivity contribution in [3.63, 3.8) is 0 Å². The number of thioether (sulfide) groups is 1. The smallest absolute Gasteiger partial charge is 0.226 e. The number of carbonyl (C=O) groups is 1. The summed E-state index contributed by atoms with van der Waals surface area (Å²) in [4.78, 5) is 15.4. The standard InChI is InChI=1S/C16H23FN2OS/c1-12(11-21-15-5-3-14(17)4-6-15)16(20)19-8-7-13(10-19)9-18-2/h3-6,12-13,18H,7-11H2,1-2H3. The Kier molecular flexibility index (Phi) is 6.06. The van der Waals surface area contributed by atoms with Crippen LogP contribution < -0.4 is 5.32 Å². The Balaban J connectivity index is 1.79. The third-order valence-corrected chi connectivity index (χ3v) is 5.10. The monoisotopic (exact) mass is 310 g/mol. The first-order valence-electron chi connectivity index (χ1n) is 7.42. The number of likely N-dealkylation sites (tertiary alicyclic amines) is 1. The van der Waals surface area contributed by atoms with Gasteiger partial charge in [-0.25, -0.2) is 4.39 Å². The van der Waals surface area contributed by atoms with Gasteiger partial charge in [-0.05, 0) is 50.2 Å². The minimum atomic E-state index is -0.226. The molecule has 0 aromatic heterocycles. The first-order chi connectivity index (χ1) is 10.1. The van der Waals surface area contributed by atoms with E-state index in [0.717, 1.165) is 36.7 Å². The molecule has 2 atom stereocenters. The normalized spacial score (nSPS) is 19.8. The SMILES string of the molecule is CNCC1CCN(C(=O)C(C)CSc2ccc(F)cc2)C1. The number of hydrogen-bond donors (Lipinski definition) is 1. The molecule has 1 aromatic carbocycles. The highest BCUT2D eigenvalue weighted by Crippen LogP contribution is 2.24. The third kappa shape index (κ3) is 4.71. The van der Waals surface area contributed by atoms with Crippen molar-refractivity contribution in [3.05, 3.63) is 30.1 Å². The van der Waals surface area contributed by atoms with Crippen LogP contribution in [-0.2, 0) is 4.79 Å². The summed E-state index contributed by atoms with van der Waals surface area (Å²) in [5.41, 5.74) is 0. The minimum Gasteiger partial charge on any atom is -0.342 e. The third-order valence-electron chi connectivity index (χ3n) is 3.83. The fraction of sp³-hybridized carbons (Fsp3) is 0.562. The van der Waals surface area contributed by atoms with Gasteiger partial charge in [0.25, 0.3) is 0 Å². The average molecular weight is 310 g/mol. The van der Waals surface area contributed by atoms with Crippen LogP contribution in [0.1, 0.15) is 13.3 Å². The number of rotatable bonds is 6. The number of nitrogens with one attached hydrogen (secondary N) is 1. The lowest BCUT2D eigenvalue weighted by atomic mass is 10.1. The van der Waals surface area contributed by atoms with Gasteiger partial charge in [0, 0.05) is 29.7 Å². The number of nitrogens with zero attached hydrogens (tertiary/aromatic N) is 1. The van der Waals surface area contributed by atoms with Gasteiger partial charge in [-0.15, -0.1) is 11.8 Å². The van der Waals surface area contributed by atoms with Gasteiger partial charge in [-0.3, -0.25) is 4.79 Å². The van der Waals surface area contributed by atoms with E-state index >= 15 is 0 Å². The second kappa shape index (κ2) is 7.80. The second-order valence-electron chi connectivity index (χ2n) is 5.66. The van der Waals surface area contributed by atoms with Crippen molar-refractivity contribution in [2.75, 3.05) is 32.4 Å². The molecule has 0 saturated carbocycles. The maximum absolute atomic E-state index is 12.8. The molecule has 1 aliphatic rings. The van der Waals surface area contributed by atoms with Crippen LogP contribution in [0.3, 0.4) is 0 Å². The summed E-state index contributed by atoms with van der Waals surface area (Å²) in [5, 5.41) is 3.18. The van der Waals surface area contributed by atoms with Crippen molar-refractivity contribution in [2.24, 2.45) is 11.8 Å². The zero-order valence-electron chi connectivity index (χ0n) is 12.6. The number of carbonyl (C=O) groups excluding carboxylic acids is 1. The fourth-order valence-corrected chi connectivity index (χ4v) is 3.54. The topological polar surface area (TPSA) is 32.3 Å². The minimum absolute atomic E-state index is 0.00612. The summed E-state index contributed by atoms with van der Waals surface area (Å²) in [7, 11) is 1.95.